The molecular weight excluding hydrogens is 218 g/mol. The Hall–Kier alpha value is -1.39. The van der Waals surface area contributed by atoms with Gasteiger partial charge < -0.3 is 9.84 Å². The third-order valence-electron chi connectivity index (χ3n) is 3.00. The molecule has 1 aromatic carbocycles. The highest BCUT2D eigenvalue weighted by Gasteiger charge is 2.24. The van der Waals surface area contributed by atoms with Crippen molar-refractivity contribution in [2.45, 2.75) is 24.9 Å². The zero-order valence-corrected chi connectivity index (χ0v) is 9.63. The van der Waals surface area contributed by atoms with Gasteiger partial charge in [-0.25, -0.2) is 0 Å². The van der Waals surface area contributed by atoms with E-state index in [1.165, 1.54) is 0 Å². The molecule has 0 aliphatic carbocycles. The van der Waals surface area contributed by atoms with Gasteiger partial charge >= 0.3 is 5.97 Å². The molecule has 1 fully saturated rings. The van der Waals surface area contributed by atoms with Crippen LogP contribution < -0.4 is 5.32 Å². The number of rotatable bonds is 4. The summed E-state index contributed by atoms with van der Waals surface area (Å²) in [6, 6.07) is 8.88. The molecule has 2 rings (SSSR count). The minimum Gasteiger partial charge on any atom is -0.480 e. The van der Waals surface area contributed by atoms with Crippen molar-refractivity contribution < 1.29 is 14.6 Å². The molecule has 1 atom stereocenters. The van der Waals surface area contributed by atoms with E-state index in [1.54, 1.807) is 0 Å². The van der Waals surface area contributed by atoms with Crippen molar-refractivity contribution in [2.24, 2.45) is 0 Å². The smallest absolute Gasteiger partial charge is 0.325 e. The van der Waals surface area contributed by atoms with Crippen LogP contribution in [-0.4, -0.2) is 30.3 Å². The van der Waals surface area contributed by atoms with E-state index in [-0.39, 0.29) is 6.04 Å². The van der Waals surface area contributed by atoms with Gasteiger partial charge in [-0.3, -0.25) is 10.1 Å². The number of carboxylic acids is 1. The first-order chi connectivity index (χ1) is 8.27. The fourth-order valence-corrected chi connectivity index (χ4v) is 2.06. The van der Waals surface area contributed by atoms with Crippen molar-refractivity contribution in [1.29, 1.82) is 0 Å². The number of carboxylic acid groups (broad SMARTS) is 1. The predicted octanol–water partition coefficient (Wildman–Crippen LogP) is 1.58. The standard InChI is InChI=1S/C13H17NO3/c15-13(16)12(10-4-2-1-3-5-10)14-11-6-8-17-9-7-11/h1-5,11-12,14H,6-9H2,(H,15,16). The molecule has 1 aliphatic rings. The number of hydrogen-bond acceptors (Lipinski definition) is 3. The van der Waals surface area contributed by atoms with E-state index in [4.69, 9.17) is 4.74 Å². The van der Waals surface area contributed by atoms with Crippen molar-refractivity contribution in [2.75, 3.05) is 13.2 Å². The molecular formula is C13H17NO3. The number of carbonyl (C=O) groups is 1. The lowest BCUT2D eigenvalue weighted by molar-refractivity contribution is -0.140. The van der Waals surface area contributed by atoms with Crippen molar-refractivity contribution in [3.63, 3.8) is 0 Å². The van der Waals surface area contributed by atoms with Crippen LogP contribution >= 0.6 is 0 Å². The van der Waals surface area contributed by atoms with Gasteiger partial charge in [-0.05, 0) is 18.4 Å². The molecule has 1 heterocycles. The maximum absolute atomic E-state index is 11.3. The molecule has 2 N–H and O–H groups in total. The summed E-state index contributed by atoms with van der Waals surface area (Å²) >= 11 is 0. The maximum Gasteiger partial charge on any atom is 0.325 e. The first-order valence-corrected chi connectivity index (χ1v) is 5.89. The Morgan fingerprint density at radius 2 is 1.94 bits per heavy atom. The quantitative estimate of drug-likeness (QED) is 0.832. The highest BCUT2D eigenvalue weighted by Crippen LogP contribution is 2.16. The van der Waals surface area contributed by atoms with Crippen LogP contribution in [0, 0.1) is 0 Å². The van der Waals surface area contributed by atoms with Crippen molar-refractivity contribution >= 4 is 5.97 Å². The minimum absolute atomic E-state index is 0.227. The molecule has 0 radical (unpaired) electrons. The van der Waals surface area contributed by atoms with Crippen LogP contribution in [0.25, 0.3) is 0 Å². The summed E-state index contributed by atoms with van der Waals surface area (Å²) in [5.41, 5.74) is 0.798. The van der Waals surface area contributed by atoms with Gasteiger partial charge in [0.15, 0.2) is 0 Å². The Morgan fingerprint density at radius 3 is 2.53 bits per heavy atom. The lowest BCUT2D eigenvalue weighted by atomic mass is 10.0. The van der Waals surface area contributed by atoms with Crippen LogP contribution in [0.2, 0.25) is 0 Å². The summed E-state index contributed by atoms with van der Waals surface area (Å²) in [6.45, 7) is 1.41. The van der Waals surface area contributed by atoms with E-state index in [1.807, 2.05) is 30.3 Å². The van der Waals surface area contributed by atoms with E-state index < -0.39 is 12.0 Å². The molecule has 0 aromatic heterocycles. The number of hydrogen-bond donors (Lipinski definition) is 2. The summed E-state index contributed by atoms with van der Waals surface area (Å²) in [5, 5.41) is 12.5. The zero-order chi connectivity index (χ0) is 12.1. The second kappa shape index (κ2) is 5.80. The topological polar surface area (TPSA) is 58.6 Å². The Balaban J connectivity index is 2.05. The van der Waals surface area contributed by atoms with Crippen LogP contribution in [0.1, 0.15) is 24.4 Å². The fourth-order valence-electron chi connectivity index (χ4n) is 2.06. The molecule has 1 aromatic rings. The third-order valence-corrected chi connectivity index (χ3v) is 3.00. The number of nitrogens with one attached hydrogen (secondary N) is 1. The Kier molecular flexibility index (Phi) is 4.12. The highest BCUT2D eigenvalue weighted by atomic mass is 16.5. The molecule has 0 bridgehead atoms. The summed E-state index contributed by atoms with van der Waals surface area (Å²) in [7, 11) is 0. The van der Waals surface area contributed by atoms with Crippen LogP contribution in [0.3, 0.4) is 0 Å². The molecule has 17 heavy (non-hydrogen) atoms. The Labute approximate surface area is 101 Å². The normalized spacial score (nSPS) is 18.8. The Bertz CT molecular complexity index is 360. The number of aliphatic carboxylic acids is 1. The summed E-state index contributed by atoms with van der Waals surface area (Å²) in [5.74, 6) is -0.831. The van der Waals surface area contributed by atoms with E-state index in [9.17, 15) is 9.90 Å². The van der Waals surface area contributed by atoms with Gasteiger partial charge in [0.05, 0.1) is 0 Å². The van der Waals surface area contributed by atoms with Crippen molar-refractivity contribution in [1.82, 2.24) is 5.32 Å². The van der Waals surface area contributed by atoms with Gasteiger partial charge in [-0.1, -0.05) is 30.3 Å². The predicted molar refractivity (Wildman–Crippen MR) is 63.8 cm³/mol. The summed E-state index contributed by atoms with van der Waals surface area (Å²) < 4.78 is 5.26. The summed E-state index contributed by atoms with van der Waals surface area (Å²) in [6.07, 6.45) is 1.74. The van der Waals surface area contributed by atoms with Crippen LogP contribution in [0.4, 0.5) is 0 Å². The van der Waals surface area contributed by atoms with Crippen LogP contribution in [0.5, 0.6) is 0 Å². The molecule has 0 amide bonds. The van der Waals surface area contributed by atoms with E-state index in [0.29, 0.717) is 13.2 Å². The molecule has 0 saturated carbocycles. The zero-order valence-electron chi connectivity index (χ0n) is 9.63. The molecule has 1 aliphatic heterocycles. The first-order valence-electron chi connectivity index (χ1n) is 5.89. The highest BCUT2D eigenvalue weighted by molar-refractivity contribution is 5.75. The molecule has 4 heteroatoms. The van der Waals surface area contributed by atoms with E-state index in [0.717, 1.165) is 18.4 Å². The van der Waals surface area contributed by atoms with Crippen molar-refractivity contribution in [3.8, 4) is 0 Å². The van der Waals surface area contributed by atoms with Gasteiger partial charge in [-0.2, -0.15) is 0 Å². The molecule has 92 valence electrons. The third kappa shape index (κ3) is 3.28. The molecule has 1 saturated heterocycles. The van der Waals surface area contributed by atoms with E-state index in [2.05, 4.69) is 5.32 Å². The van der Waals surface area contributed by atoms with Crippen LogP contribution in [-0.2, 0) is 9.53 Å². The average molecular weight is 235 g/mol. The first kappa shape index (κ1) is 12.1. The lowest BCUT2D eigenvalue weighted by Crippen LogP contribution is -2.40. The average Bonchev–Trinajstić information content (AvgIpc) is 2.38. The van der Waals surface area contributed by atoms with Crippen LogP contribution in [0.15, 0.2) is 30.3 Å². The molecule has 4 nitrogen and oxygen atoms in total. The van der Waals surface area contributed by atoms with Gasteiger partial charge in [0, 0.05) is 19.3 Å². The molecule has 0 spiro atoms. The van der Waals surface area contributed by atoms with Gasteiger partial charge in [-0.15, -0.1) is 0 Å². The molecule has 1 unspecified atom stereocenters. The number of benzene rings is 1. The SMILES string of the molecule is O=C(O)C(NC1CCOCC1)c1ccccc1. The maximum atomic E-state index is 11.3. The monoisotopic (exact) mass is 235 g/mol. The minimum atomic E-state index is -0.831. The largest absolute Gasteiger partial charge is 0.480 e. The fraction of sp³-hybridized carbons (Fsp3) is 0.462. The second-order valence-electron chi connectivity index (χ2n) is 4.24. The Morgan fingerprint density at radius 1 is 1.29 bits per heavy atom. The lowest BCUT2D eigenvalue weighted by Gasteiger charge is -2.26. The van der Waals surface area contributed by atoms with Gasteiger partial charge in [0.2, 0.25) is 0 Å². The van der Waals surface area contributed by atoms with E-state index >= 15 is 0 Å². The van der Waals surface area contributed by atoms with Gasteiger partial charge in [0.25, 0.3) is 0 Å². The second-order valence-corrected chi connectivity index (χ2v) is 4.24. The van der Waals surface area contributed by atoms with Gasteiger partial charge in [0.1, 0.15) is 6.04 Å². The summed E-state index contributed by atoms with van der Waals surface area (Å²) in [4.78, 5) is 11.3. The van der Waals surface area contributed by atoms with Crippen molar-refractivity contribution in [3.05, 3.63) is 35.9 Å². The number of ether oxygens (including phenoxy) is 1.